The molecule has 0 radical (unpaired) electrons. The summed E-state index contributed by atoms with van der Waals surface area (Å²) in [7, 11) is 0. The van der Waals surface area contributed by atoms with Crippen LogP contribution >= 0.6 is 0 Å². The SMILES string of the molecule is O=C(CCc1nc(-c2ccncc2)no1)N1CCC[C@]2(CCC[C@H]2O)C1. The first-order valence-corrected chi connectivity index (χ1v) is 9.35. The number of piperidine rings is 1. The van der Waals surface area contributed by atoms with Gasteiger partial charge in [0, 0.05) is 49.3 Å². The number of amides is 1. The fourth-order valence-electron chi connectivity index (χ4n) is 4.32. The number of hydrogen-bond acceptors (Lipinski definition) is 6. The zero-order valence-electron chi connectivity index (χ0n) is 14.8. The minimum atomic E-state index is -0.267. The Morgan fingerprint density at radius 1 is 1.31 bits per heavy atom. The maximum atomic E-state index is 12.6. The Morgan fingerprint density at radius 2 is 2.12 bits per heavy atom. The number of carbonyl (C=O) groups is 1. The summed E-state index contributed by atoms with van der Waals surface area (Å²) in [5.74, 6) is 1.09. The molecule has 2 aromatic rings. The van der Waals surface area contributed by atoms with E-state index in [1.54, 1.807) is 12.4 Å². The molecule has 0 bridgehead atoms. The molecule has 2 fully saturated rings. The zero-order valence-corrected chi connectivity index (χ0v) is 14.8. The van der Waals surface area contributed by atoms with Crippen molar-refractivity contribution in [2.75, 3.05) is 13.1 Å². The van der Waals surface area contributed by atoms with Crippen LogP contribution in [0.25, 0.3) is 11.4 Å². The number of hydrogen-bond donors (Lipinski definition) is 1. The molecule has 138 valence electrons. The molecule has 1 spiro atoms. The lowest BCUT2D eigenvalue weighted by molar-refractivity contribution is -0.136. The number of pyridine rings is 1. The standard InChI is InChI=1S/C19H24N4O3/c24-15-3-1-8-19(15)9-2-12-23(13-19)17(25)5-4-16-21-18(22-26-16)14-6-10-20-11-7-14/h6-7,10-11,15,24H,1-5,8-9,12-13H2/t15-,19-/m1/s1. The van der Waals surface area contributed by atoms with Crippen molar-refractivity contribution in [1.82, 2.24) is 20.0 Å². The van der Waals surface area contributed by atoms with Crippen molar-refractivity contribution in [3.63, 3.8) is 0 Å². The predicted molar refractivity (Wildman–Crippen MR) is 94.0 cm³/mol. The number of rotatable bonds is 4. The van der Waals surface area contributed by atoms with Gasteiger partial charge in [-0.1, -0.05) is 11.6 Å². The van der Waals surface area contributed by atoms with Crippen molar-refractivity contribution in [3.05, 3.63) is 30.4 Å². The summed E-state index contributed by atoms with van der Waals surface area (Å²) in [5, 5.41) is 14.3. The minimum Gasteiger partial charge on any atom is -0.392 e. The Morgan fingerprint density at radius 3 is 2.88 bits per heavy atom. The van der Waals surface area contributed by atoms with E-state index in [0.29, 0.717) is 31.1 Å². The summed E-state index contributed by atoms with van der Waals surface area (Å²) in [6.07, 6.45) is 8.81. The minimum absolute atomic E-state index is 0.0765. The van der Waals surface area contributed by atoms with Crippen LogP contribution < -0.4 is 0 Å². The molecule has 2 atom stereocenters. The van der Waals surface area contributed by atoms with E-state index in [-0.39, 0.29) is 17.4 Å². The van der Waals surface area contributed by atoms with Crippen molar-refractivity contribution in [3.8, 4) is 11.4 Å². The van der Waals surface area contributed by atoms with Crippen molar-refractivity contribution in [2.24, 2.45) is 5.41 Å². The van der Waals surface area contributed by atoms with Gasteiger partial charge in [0.2, 0.25) is 17.6 Å². The molecule has 4 rings (SSSR count). The highest BCUT2D eigenvalue weighted by atomic mass is 16.5. The van der Waals surface area contributed by atoms with Crippen LogP contribution in [0.1, 0.15) is 44.4 Å². The molecule has 3 heterocycles. The van der Waals surface area contributed by atoms with Crippen LogP contribution in [0.2, 0.25) is 0 Å². The molecule has 1 saturated carbocycles. The predicted octanol–water partition coefficient (Wildman–Crippen LogP) is 2.22. The lowest BCUT2D eigenvalue weighted by atomic mass is 9.76. The molecule has 0 unspecified atom stereocenters. The van der Waals surface area contributed by atoms with Gasteiger partial charge in [-0.2, -0.15) is 4.98 Å². The van der Waals surface area contributed by atoms with Crippen LogP contribution in [-0.4, -0.2) is 50.2 Å². The Bertz CT molecular complexity index is 763. The number of nitrogens with zero attached hydrogens (tertiary/aromatic N) is 4. The summed E-state index contributed by atoms with van der Waals surface area (Å²) in [6.45, 7) is 1.46. The highest BCUT2D eigenvalue weighted by molar-refractivity contribution is 5.76. The van der Waals surface area contributed by atoms with Crippen LogP contribution in [0.4, 0.5) is 0 Å². The summed E-state index contributed by atoms with van der Waals surface area (Å²) < 4.78 is 5.27. The Balaban J connectivity index is 1.35. The molecule has 2 aromatic heterocycles. The van der Waals surface area contributed by atoms with E-state index in [9.17, 15) is 9.90 Å². The molecule has 2 aliphatic rings. The van der Waals surface area contributed by atoms with Crippen molar-refractivity contribution < 1.29 is 14.4 Å². The summed E-state index contributed by atoms with van der Waals surface area (Å²) in [4.78, 5) is 22.9. The van der Waals surface area contributed by atoms with E-state index in [1.165, 1.54) is 0 Å². The fraction of sp³-hybridized carbons (Fsp3) is 0.579. The fourth-order valence-corrected chi connectivity index (χ4v) is 4.32. The van der Waals surface area contributed by atoms with Gasteiger partial charge in [-0.05, 0) is 37.8 Å². The lowest BCUT2D eigenvalue weighted by Crippen LogP contribution is -2.49. The van der Waals surface area contributed by atoms with Gasteiger partial charge in [0.15, 0.2) is 0 Å². The van der Waals surface area contributed by atoms with Crippen molar-refractivity contribution in [1.29, 1.82) is 0 Å². The molecule has 26 heavy (non-hydrogen) atoms. The van der Waals surface area contributed by atoms with Gasteiger partial charge >= 0.3 is 0 Å². The number of likely N-dealkylation sites (tertiary alicyclic amines) is 1. The normalized spacial score (nSPS) is 25.7. The molecular formula is C19H24N4O3. The molecule has 7 heteroatoms. The molecule has 0 aromatic carbocycles. The Kier molecular flexibility index (Phi) is 4.72. The van der Waals surface area contributed by atoms with Gasteiger partial charge in [0.1, 0.15) is 0 Å². The van der Waals surface area contributed by atoms with Crippen LogP contribution in [-0.2, 0) is 11.2 Å². The first kappa shape index (κ1) is 17.1. The highest BCUT2D eigenvalue weighted by Crippen LogP contribution is 2.45. The van der Waals surface area contributed by atoms with Gasteiger partial charge in [0.25, 0.3) is 0 Å². The smallest absolute Gasteiger partial charge is 0.227 e. The second-order valence-electron chi connectivity index (χ2n) is 7.44. The molecular weight excluding hydrogens is 332 g/mol. The highest BCUT2D eigenvalue weighted by Gasteiger charge is 2.45. The van der Waals surface area contributed by atoms with Gasteiger partial charge < -0.3 is 14.5 Å². The van der Waals surface area contributed by atoms with E-state index in [2.05, 4.69) is 15.1 Å². The number of carbonyl (C=O) groups excluding carboxylic acids is 1. The van der Waals surface area contributed by atoms with Gasteiger partial charge in [-0.3, -0.25) is 9.78 Å². The number of aliphatic hydroxyl groups excluding tert-OH is 1. The van der Waals surface area contributed by atoms with E-state index in [0.717, 1.165) is 44.2 Å². The molecule has 1 saturated heterocycles. The van der Waals surface area contributed by atoms with E-state index < -0.39 is 0 Å². The number of aryl methyl sites for hydroxylation is 1. The number of aliphatic hydroxyl groups is 1. The van der Waals surface area contributed by atoms with Crippen LogP contribution in [0, 0.1) is 5.41 Å². The van der Waals surface area contributed by atoms with Gasteiger partial charge in [-0.25, -0.2) is 0 Å². The molecule has 7 nitrogen and oxygen atoms in total. The summed E-state index contributed by atoms with van der Waals surface area (Å²) in [5.41, 5.74) is 0.766. The Labute approximate surface area is 152 Å². The van der Waals surface area contributed by atoms with Crippen LogP contribution in [0.3, 0.4) is 0 Å². The second-order valence-corrected chi connectivity index (χ2v) is 7.44. The van der Waals surface area contributed by atoms with E-state index >= 15 is 0 Å². The largest absolute Gasteiger partial charge is 0.392 e. The first-order chi connectivity index (χ1) is 12.7. The van der Waals surface area contributed by atoms with Crippen LogP contribution in [0.15, 0.2) is 29.0 Å². The topological polar surface area (TPSA) is 92.3 Å². The third-order valence-corrected chi connectivity index (χ3v) is 5.78. The summed E-state index contributed by atoms with van der Waals surface area (Å²) >= 11 is 0. The molecule has 1 N–H and O–H groups in total. The molecule has 1 amide bonds. The van der Waals surface area contributed by atoms with E-state index in [1.807, 2.05) is 17.0 Å². The molecule has 1 aliphatic heterocycles. The van der Waals surface area contributed by atoms with Crippen molar-refractivity contribution in [2.45, 2.75) is 51.0 Å². The first-order valence-electron chi connectivity index (χ1n) is 9.35. The maximum Gasteiger partial charge on any atom is 0.227 e. The quantitative estimate of drug-likeness (QED) is 0.903. The third kappa shape index (κ3) is 3.35. The second kappa shape index (κ2) is 7.15. The third-order valence-electron chi connectivity index (χ3n) is 5.78. The van der Waals surface area contributed by atoms with Gasteiger partial charge in [-0.15, -0.1) is 0 Å². The average molecular weight is 356 g/mol. The van der Waals surface area contributed by atoms with E-state index in [4.69, 9.17) is 4.52 Å². The number of aromatic nitrogens is 3. The molecule has 1 aliphatic carbocycles. The monoisotopic (exact) mass is 356 g/mol. The lowest BCUT2D eigenvalue weighted by Gasteiger charge is -2.42. The van der Waals surface area contributed by atoms with Crippen LogP contribution in [0.5, 0.6) is 0 Å². The average Bonchev–Trinajstić information content (AvgIpc) is 3.28. The van der Waals surface area contributed by atoms with Crippen molar-refractivity contribution >= 4 is 5.91 Å². The Hall–Kier alpha value is -2.28. The maximum absolute atomic E-state index is 12.6. The zero-order chi connectivity index (χ0) is 18.0. The van der Waals surface area contributed by atoms with Gasteiger partial charge in [0.05, 0.1) is 6.10 Å². The summed E-state index contributed by atoms with van der Waals surface area (Å²) in [6, 6.07) is 3.64.